The summed E-state index contributed by atoms with van der Waals surface area (Å²) < 4.78 is 5.15. The maximum absolute atomic E-state index is 2.58. The molecule has 206 valence electrons. The number of rotatable bonds is 2. The summed E-state index contributed by atoms with van der Waals surface area (Å²) in [7, 11) is 0. The quantitative estimate of drug-likeness (QED) is 0.193. The fraction of sp³-hybridized carbons (Fsp3) is 0.150. The van der Waals surface area contributed by atoms with E-state index in [0.29, 0.717) is 0 Å². The van der Waals surface area contributed by atoms with E-state index in [1.165, 1.54) is 88.8 Å². The van der Waals surface area contributed by atoms with Gasteiger partial charge in [-0.25, -0.2) is 0 Å². The predicted molar refractivity (Wildman–Crippen MR) is 184 cm³/mol. The Labute approximate surface area is 253 Å². The third kappa shape index (κ3) is 3.15. The Morgan fingerprint density at radius 2 is 1.07 bits per heavy atom. The number of hydrogen-bond donors (Lipinski definition) is 0. The molecular weight excluding hydrogens is 519 g/mol. The van der Waals surface area contributed by atoms with Crippen molar-refractivity contribution in [2.24, 2.45) is 0 Å². The molecule has 7 aromatic rings. The van der Waals surface area contributed by atoms with Gasteiger partial charge in [-0.1, -0.05) is 112 Å². The lowest BCUT2D eigenvalue weighted by Crippen LogP contribution is -2.59. The molecule has 0 N–H and O–H groups in total. The molecule has 0 saturated heterocycles. The standard InChI is InChI=1S/C40H33BN2/c1-24-29-18-12-19-31-38(29)42(36(24)26-14-8-6-9-15-26)33-20-13-21-34-35(33)41(31)32-23-28(40(3,4)5)22-30-25(2)37(43(34)39(30)32)27-16-10-7-11-17-27/h6-23H,1-5H3. The third-order valence-electron chi connectivity index (χ3n) is 10.0. The fourth-order valence-corrected chi connectivity index (χ4v) is 8.08. The lowest BCUT2D eigenvalue weighted by atomic mass is 9.34. The van der Waals surface area contributed by atoms with Crippen molar-refractivity contribution in [2.45, 2.75) is 40.0 Å². The van der Waals surface area contributed by atoms with E-state index >= 15 is 0 Å². The molecule has 2 aromatic heterocycles. The van der Waals surface area contributed by atoms with Crippen molar-refractivity contribution in [3.63, 3.8) is 0 Å². The Kier molecular flexibility index (Phi) is 4.86. The van der Waals surface area contributed by atoms with E-state index in [9.17, 15) is 0 Å². The van der Waals surface area contributed by atoms with Gasteiger partial charge in [-0.05, 0) is 81.7 Å². The Bertz CT molecular complexity index is 2280. The first-order valence-electron chi connectivity index (χ1n) is 15.4. The second-order valence-electron chi connectivity index (χ2n) is 13.4. The smallest absolute Gasteiger partial charge is 0.252 e. The van der Waals surface area contributed by atoms with Crippen LogP contribution in [-0.4, -0.2) is 15.8 Å². The minimum Gasteiger partial charge on any atom is -0.310 e. The van der Waals surface area contributed by atoms with Gasteiger partial charge in [0.15, 0.2) is 0 Å². The van der Waals surface area contributed by atoms with E-state index in [1.807, 2.05) is 0 Å². The first kappa shape index (κ1) is 24.8. The highest BCUT2D eigenvalue weighted by Crippen LogP contribution is 2.42. The van der Waals surface area contributed by atoms with Crippen molar-refractivity contribution in [1.29, 1.82) is 0 Å². The minimum absolute atomic E-state index is 0.0316. The van der Waals surface area contributed by atoms with E-state index in [4.69, 9.17) is 0 Å². The van der Waals surface area contributed by atoms with Crippen LogP contribution in [0.3, 0.4) is 0 Å². The van der Waals surface area contributed by atoms with Crippen LogP contribution in [0.1, 0.15) is 37.5 Å². The number of nitrogens with zero attached hydrogens (tertiary/aromatic N) is 2. The van der Waals surface area contributed by atoms with Gasteiger partial charge in [0, 0.05) is 33.2 Å². The van der Waals surface area contributed by atoms with Gasteiger partial charge in [0.1, 0.15) is 0 Å². The van der Waals surface area contributed by atoms with E-state index in [-0.39, 0.29) is 12.1 Å². The van der Waals surface area contributed by atoms with Gasteiger partial charge in [0.25, 0.3) is 6.71 Å². The molecule has 0 radical (unpaired) electrons. The Morgan fingerprint density at radius 3 is 1.65 bits per heavy atom. The maximum Gasteiger partial charge on any atom is 0.252 e. The molecule has 0 bridgehead atoms. The topological polar surface area (TPSA) is 9.86 Å². The van der Waals surface area contributed by atoms with Gasteiger partial charge in [-0.2, -0.15) is 0 Å². The van der Waals surface area contributed by atoms with Crippen molar-refractivity contribution in [3.8, 4) is 33.9 Å². The van der Waals surface area contributed by atoms with Gasteiger partial charge < -0.3 is 9.13 Å². The summed E-state index contributed by atoms with van der Waals surface area (Å²) in [6.45, 7) is 11.8. The largest absolute Gasteiger partial charge is 0.310 e. The summed E-state index contributed by atoms with van der Waals surface area (Å²) >= 11 is 0. The lowest BCUT2D eigenvalue weighted by molar-refractivity contribution is 0.591. The molecule has 0 aliphatic carbocycles. The van der Waals surface area contributed by atoms with E-state index in [1.54, 1.807) is 0 Å². The van der Waals surface area contributed by atoms with Crippen molar-refractivity contribution < 1.29 is 0 Å². The fourth-order valence-electron chi connectivity index (χ4n) is 8.08. The summed E-state index contributed by atoms with van der Waals surface area (Å²) in [5.41, 5.74) is 18.8. The molecule has 0 saturated carbocycles. The highest BCUT2D eigenvalue weighted by molar-refractivity contribution is 7.00. The molecule has 4 heterocycles. The number of hydrogen-bond acceptors (Lipinski definition) is 0. The summed E-state index contributed by atoms with van der Waals surface area (Å²) in [6, 6.07) is 40.8. The molecule has 0 atom stereocenters. The first-order valence-corrected chi connectivity index (χ1v) is 15.4. The Morgan fingerprint density at radius 1 is 0.535 bits per heavy atom. The minimum atomic E-state index is 0.0316. The molecule has 43 heavy (non-hydrogen) atoms. The van der Waals surface area contributed by atoms with Gasteiger partial charge in [0.2, 0.25) is 0 Å². The van der Waals surface area contributed by atoms with Crippen LogP contribution >= 0.6 is 0 Å². The SMILES string of the molecule is Cc1c(-c2ccccc2)n2c3c(cccc13)B1c3c-2cccc3-n2c(-c3ccccc3)c(C)c3cc(C(C)(C)C)cc1c32. The van der Waals surface area contributed by atoms with Gasteiger partial charge in [-0.15, -0.1) is 0 Å². The van der Waals surface area contributed by atoms with Crippen molar-refractivity contribution in [1.82, 2.24) is 9.13 Å². The number of fused-ring (bicyclic) bond motifs is 4. The monoisotopic (exact) mass is 552 g/mol. The summed E-state index contributed by atoms with van der Waals surface area (Å²) in [5.74, 6) is 0. The Balaban J connectivity index is 1.50. The number of para-hydroxylation sites is 1. The lowest BCUT2D eigenvalue weighted by Gasteiger charge is -2.35. The molecule has 0 spiro atoms. The van der Waals surface area contributed by atoms with Crippen LogP contribution in [0.25, 0.3) is 55.7 Å². The zero-order chi connectivity index (χ0) is 29.2. The van der Waals surface area contributed by atoms with Crippen LogP contribution in [0.5, 0.6) is 0 Å². The normalized spacial score (nSPS) is 13.2. The molecule has 0 unspecified atom stereocenters. The molecule has 2 aliphatic rings. The maximum atomic E-state index is 2.58. The van der Waals surface area contributed by atoms with E-state index < -0.39 is 0 Å². The third-order valence-corrected chi connectivity index (χ3v) is 10.0. The number of aryl methyl sites for hydroxylation is 2. The van der Waals surface area contributed by atoms with E-state index in [2.05, 4.69) is 153 Å². The Hall–Kier alpha value is -4.76. The summed E-state index contributed by atoms with van der Waals surface area (Å²) in [5, 5.41) is 2.71. The second kappa shape index (κ2) is 8.42. The van der Waals surface area contributed by atoms with Crippen LogP contribution in [0.2, 0.25) is 0 Å². The molecule has 0 amide bonds. The van der Waals surface area contributed by atoms with Gasteiger partial charge in [0.05, 0.1) is 11.4 Å². The van der Waals surface area contributed by atoms with Crippen LogP contribution < -0.4 is 16.4 Å². The van der Waals surface area contributed by atoms with Gasteiger partial charge >= 0.3 is 0 Å². The van der Waals surface area contributed by atoms with Crippen LogP contribution in [0.15, 0.2) is 109 Å². The van der Waals surface area contributed by atoms with Crippen molar-refractivity contribution in [3.05, 3.63) is 126 Å². The zero-order valence-corrected chi connectivity index (χ0v) is 25.4. The van der Waals surface area contributed by atoms with E-state index in [0.717, 1.165) is 0 Å². The van der Waals surface area contributed by atoms with Crippen molar-refractivity contribution in [2.75, 3.05) is 0 Å². The molecule has 9 rings (SSSR count). The molecule has 2 aliphatic heterocycles. The second-order valence-corrected chi connectivity index (χ2v) is 13.4. The highest BCUT2D eigenvalue weighted by Gasteiger charge is 2.42. The first-order chi connectivity index (χ1) is 20.8. The molecule has 3 heteroatoms. The van der Waals surface area contributed by atoms with Gasteiger partial charge in [-0.3, -0.25) is 0 Å². The number of aromatic nitrogens is 2. The average molecular weight is 553 g/mol. The van der Waals surface area contributed by atoms with Crippen LogP contribution in [0.4, 0.5) is 0 Å². The zero-order valence-electron chi connectivity index (χ0n) is 25.4. The van der Waals surface area contributed by atoms with Crippen LogP contribution in [-0.2, 0) is 5.41 Å². The summed E-state index contributed by atoms with van der Waals surface area (Å²) in [6.07, 6.45) is 0. The number of benzene rings is 5. The predicted octanol–water partition coefficient (Wildman–Crippen LogP) is 7.97. The highest BCUT2D eigenvalue weighted by atomic mass is 15.0. The average Bonchev–Trinajstić information content (AvgIpc) is 3.49. The van der Waals surface area contributed by atoms with Crippen molar-refractivity contribution >= 4 is 44.9 Å². The van der Waals surface area contributed by atoms with Crippen LogP contribution in [0, 0.1) is 13.8 Å². The molecule has 0 fully saturated rings. The molecule has 5 aromatic carbocycles. The molecular formula is C40H33BN2. The molecule has 2 nitrogen and oxygen atoms in total. The summed E-state index contributed by atoms with van der Waals surface area (Å²) in [4.78, 5) is 0.